The number of hydrogen-bond donors (Lipinski definition) is 1. The summed E-state index contributed by atoms with van der Waals surface area (Å²) in [7, 11) is 0. The van der Waals surface area contributed by atoms with Crippen LogP contribution in [0.5, 0.6) is 0 Å². The van der Waals surface area contributed by atoms with Gasteiger partial charge in [0.25, 0.3) is 0 Å². The van der Waals surface area contributed by atoms with Gasteiger partial charge in [0.2, 0.25) is 0 Å². The van der Waals surface area contributed by atoms with E-state index in [2.05, 4.69) is 0 Å². The molecule has 4 nitrogen and oxygen atoms in total. The van der Waals surface area contributed by atoms with E-state index in [9.17, 15) is 9.59 Å². The summed E-state index contributed by atoms with van der Waals surface area (Å²) in [6, 6.07) is -0.402. The van der Waals surface area contributed by atoms with Gasteiger partial charge >= 0.3 is 6.09 Å². The van der Waals surface area contributed by atoms with Gasteiger partial charge in [-0.3, -0.25) is 4.90 Å². The Labute approximate surface area is 64.8 Å². The Morgan fingerprint density at radius 1 is 1.55 bits per heavy atom. The molecule has 1 aliphatic heterocycles. The van der Waals surface area contributed by atoms with Gasteiger partial charge in [0.15, 0.2) is 0 Å². The Morgan fingerprint density at radius 2 is 2.27 bits per heavy atom. The van der Waals surface area contributed by atoms with E-state index in [0.29, 0.717) is 19.3 Å². The molecule has 0 saturated carbocycles. The lowest BCUT2D eigenvalue weighted by molar-refractivity contribution is -0.112. The average Bonchev–Trinajstić information content (AvgIpc) is 2.04. The van der Waals surface area contributed by atoms with Crippen LogP contribution in [0.2, 0.25) is 0 Å². The van der Waals surface area contributed by atoms with E-state index in [-0.39, 0.29) is 0 Å². The highest BCUT2D eigenvalue weighted by molar-refractivity contribution is 5.71. The van der Waals surface area contributed by atoms with Crippen molar-refractivity contribution in [2.24, 2.45) is 0 Å². The zero-order chi connectivity index (χ0) is 8.27. The average molecular weight is 157 g/mol. The van der Waals surface area contributed by atoms with Gasteiger partial charge < -0.3 is 9.90 Å². The van der Waals surface area contributed by atoms with Crippen LogP contribution in [-0.4, -0.2) is 35.0 Å². The lowest BCUT2D eigenvalue weighted by Crippen LogP contribution is -2.43. The molecule has 0 aromatic heterocycles. The van der Waals surface area contributed by atoms with Crippen LogP contribution in [-0.2, 0) is 4.79 Å². The van der Waals surface area contributed by atoms with Crippen LogP contribution in [0.25, 0.3) is 0 Å². The highest BCUT2D eigenvalue weighted by Crippen LogP contribution is 2.14. The van der Waals surface area contributed by atoms with Gasteiger partial charge in [-0.25, -0.2) is 4.79 Å². The fourth-order valence-electron chi connectivity index (χ4n) is 1.34. The Morgan fingerprint density at radius 3 is 2.73 bits per heavy atom. The number of nitrogens with zero attached hydrogens (tertiary/aromatic N) is 1. The molecule has 62 valence electrons. The summed E-state index contributed by atoms with van der Waals surface area (Å²) < 4.78 is 0. The van der Waals surface area contributed by atoms with Gasteiger partial charge in [-0.1, -0.05) is 0 Å². The van der Waals surface area contributed by atoms with Crippen molar-refractivity contribution in [1.82, 2.24) is 4.90 Å². The molecule has 11 heavy (non-hydrogen) atoms. The van der Waals surface area contributed by atoms with E-state index < -0.39 is 12.1 Å². The molecule has 1 rings (SSSR count). The number of carboxylic acid groups (broad SMARTS) is 1. The minimum Gasteiger partial charge on any atom is -0.465 e. The van der Waals surface area contributed by atoms with Crippen molar-refractivity contribution in [2.45, 2.75) is 25.3 Å². The summed E-state index contributed by atoms with van der Waals surface area (Å²) in [5, 5.41) is 8.61. The normalized spacial score (nSPS) is 24.7. The summed E-state index contributed by atoms with van der Waals surface area (Å²) in [4.78, 5) is 22.1. The minimum absolute atomic E-state index is 0.402. The molecule has 1 heterocycles. The van der Waals surface area contributed by atoms with Crippen LogP contribution >= 0.6 is 0 Å². The van der Waals surface area contributed by atoms with Gasteiger partial charge in [-0.2, -0.15) is 0 Å². The third kappa shape index (κ3) is 1.69. The zero-order valence-corrected chi connectivity index (χ0v) is 6.19. The lowest BCUT2D eigenvalue weighted by atomic mass is 10.0. The van der Waals surface area contributed by atoms with E-state index >= 15 is 0 Å². The molecule has 0 aliphatic carbocycles. The quantitative estimate of drug-likeness (QED) is 0.570. The van der Waals surface area contributed by atoms with Crippen molar-refractivity contribution < 1.29 is 14.7 Å². The molecule has 0 bridgehead atoms. The number of hydrogen-bond acceptors (Lipinski definition) is 2. The van der Waals surface area contributed by atoms with Gasteiger partial charge in [0.05, 0.1) is 6.04 Å². The molecule has 0 aromatic rings. The lowest BCUT2D eigenvalue weighted by Gasteiger charge is -2.29. The molecule has 0 spiro atoms. The summed E-state index contributed by atoms with van der Waals surface area (Å²) >= 11 is 0. The SMILES string of the molecule is O=C[C@H]1CCCCN1C(=O)O. The molecule has 1 fully saturated rings. The number of amides is 1. The van der Waals surface area contributed by atoms with Crippen LogP contribution in [0.3, 0.4) is 0 Å². The Balaban J connectivity index is 2.58. The van der Waals surface area contributed by atoms with Crippen LogP contribution in [0, 0.1) is 0 Å². The Kier molecular flexibility index (Phi) is 2.46. The second-order valence-corrected chi connectivity index (χ2v) is 2.68. The van der Waals surface area contributed by atoms with E-state index in [1.54, 1.807) is 0 Å². The molecule has 1 atom stereocenters. The van der Waals surface area contributed by atoms with Crippen molar-refractivity contribution in [3.63, 3.8) is 0 Å². The molecule has 1 amide bonds. The summed E-state index contributed by atoms with van der Waals surface area (Å²) in [5.74, 6) is 0. The number of piperidine rings is 1. The molecule has 0 radical (unpaired) electrons. The van der Waals surface area contributed by atoms with Crippen molar-refractivity contribution in [1.29, 1.82) is 0 Å². The maximum Gasteiger partial charge on any atom is 0.407 e. The molecular weight excluding hydrogens is 146 g/mol. The largest absolute Gasteiger partial charge is 0.465 e. The van der Waals surface area contributed by atoms with Crippen molar-refractivity contribution in [2.75, 3.05) is 6.54 Å². The smallest absolute Gasteiger partial charge is 0.407 e. The Hall–Kier alpha value is -1.06. The van der Waals surface area contributed by atoms with Crippen LogP contribution < -0.4 is 0 Å². The molecule has 0 unspecified atom stereocenters. The summed E-state index contributed by atoms with van der Waals surface area (Å²) in [6.45, 7) is 0.499. The topological polar surface area (TPSA) is 57.6 Å². The van der Waals surface area contributed by atoms with Crippen molar-refractivity contribution in [3.8, 4) is 0 Å². The second kappa shape index (κ2) is 3.37. The van der Waals surface area contributed by atoms with E-state index in [1.807, 2.05) is 0 Å². The first-order valence-corrected chi connectivity index (χ1v) is 3.70. The number of likely N-dealkylation sites (tertiary alicyclic amines) is 1. The van der Waals surface area contributed by atoms with Crippen molar-refractivity contribution in [3.05, 3.63) is 0 Å². The number of carbonyl (C=O) groups is 2. The molecule has 0 aromatic carbocycles. The Bertz CT molecular complexity index is 169. The number of rotatable bonds is 1. The first-order valence-electron chi connectivity index (χ1n) is 3.70. The van der Waals surface area contributed by atoms with Gasteiger partial charge in [0, 0.05) is 6.54 Å². The molecule has 1 aliphatic rings. The van der Waals surface area contributed by atoms with Gasteiger partial charge in [0.1, 0.15) is 6.29 Å². The summed E-state index contributed by atoms with van der Waals surface area (Å²) in [5.41, 5.74) is 0. The molecule has 1 N–H and O–H groups in total. The fourth-order valence-corrected chi connectivity index (χ4v) is 1.34. The molecule has 4 heteroatoms. The standard InChI is InChI=1S/C7H11NO3/c9-5-6-3-1-2-4-8(6)7(10)11/h5-6H,1-4H2,(H,10,11)/t6-/m1/s1. The minimum atomic E-state index is -0.984. The maximum absolute atomic E-state index is 10.5. The maximum atomic E-state index is 10.5. The van der Waals surface area contributed by atoms with E-state index in [0.717, 1.165) is 12.8 Å². The number of carbonyl (C=O) groups excluding carboxylic acids is 1. The molecule has 1 saturated heterocycles. The third-order valence-corrected chi connectivity index (χ3v) is 1.95. The van der Waals surface area contributed by atoms with Crippen LogP contribution in [0.4, 0.5) is 4.79 Å². The van der Waals surface area contributed by atoms with Gasteiger partial charge in [-0.15, -0.1) is 0 Å². The zero-order valence-electron chi connectivity index (χ0n) is 6.19. The first-order chi connectivity index (χ1) is 5.25. The van der Waals surface area contributed by atoms with Crippen LogP contribution in [0.1, 0.15) is 19.3 Å². The monoisotopic (exact) mass is 157 g/mol. The fraction of sp³-hybridized carbons (Fsp3) is 0.714. The van der Waals surface area contributed by atoms with E-state index in [4.69, 9.17) is 5.11 Å². The molecular formula is C7H11NO3. The first kappa shape index (κ1) is 8.04. The highest BCUT2D eigenvalue weighted by atomic mass is 16.4. The van der Waals surface area contributed by atoms with Gasteiger partial charge in [-0.05, 0) is 19.3 Å². The summed E-state index contributed by atoms with van der Waals surface area (Å²) in [6.07, 6.45) is 2.23. The highest BCUT2D eigenvalue weighted by Gasteiger charge is 2.25. The number of aldehydes is 1. The van der Waals surface area contributed by atoms with E-state index in [1.165, 1.54) is 4.90 Å². The predicted molar refractivity (Wildman–Crippen MR) is 38.4 cm³/mol. The second-order valence-electron chi connectivity index (χ2n) is 2.68. The third-order valence-electron chi connectivity index (χ3n) is 1.95. The van der Waals surface area contributed by atoms with Crippen molar-refractivity contribution >= 4 is 12.4 Å². The predicted octanol–water partition coefficient (Wildman–Crippen LogP) is 0.718. The van der Waals surface area contributed by atoms with Crippen LogP contribution in [0.15, 0.2) is 0 Å².